The maximum atomic E-state index is 10.4. The van der Waals surface area contributed by atoms with Gasteiger partial charge in [-0.3, -0.25) is 28.8 Å². The molecule has 1 unspecified atom stereocenters. The molecule has 0 spiro atoms. The standard InChI is InChI=1S/3C6H10O3.C4H9O.Zr/c3*1-3-9-6(8)4-5(2)7;1-3-4(2)5;/h3*3-4H2,1-2H3;4H,3H2,1-2H3;/q;;;-1;+1. The normalized spacial score (nSPS) is 9.67. The molecule has 0 rings (SSSR count). The van der Waals surface area contributed by atoms with Crippen molar-refractivity contribution in [2.24, 2.45) is 0 Å². The second-order valence-electron chi connectivity index (χ2n) is 6.39. The second kappa shape index (κ2) is 28.3. The molecule has 0 heterocycles. The summed E-state index contributed by atoms with van der Waals surface area (Å²) in [5.41, 5.74) is 0. The summed E-state index contributed by atoms with van der Waals surface area (Å²) in [5, 5.41) is 0. The van der Waals surface area contributed by atoms with E-state index in [9.17, 15) is 28.8 Å². The molecule has 191 valence electrons. The topological polar surface area (TPSA) is 139 Å². The molecule has 0 aromatic carbocycles. The Kier molecular flexibility index (Phi) is 33.0. The van der Waals surface area contributed by atoms with Crippen LogP contribution in [0.2, 0.25) is 0 Å². The van der Waals surface area contributed by atoms with Gasteiger partial charge in [-0.15, -0.1) is 0 Å². The molecule has 0 aliphatic rings. The van der Waals surface area contributed by atoms with Crippen molar-refractivity contribution in [1.29, 1.82) is 0 Å². The Morgan fingerprint density at radius 2 is 0.848 bits per heavy atom. The fraction of sp³-hybridized carbons (Fsp3) is 0.727. The quantitative estimate of drug-likeness (QED) is 0.213. The molecule has 0 aliphatic heterocycles. The summed E-state index contributed by atoms with van der Waals surface area (Å²) >= 11 is 1.18. The number of hydrogen-bond donors (Lipinski definition) is 0. The van der Waals surface area contributed by atoms with Gasteiger partial charge in [-0.25, -0.2) is 0 Å². The summed E-state index contributed by atoms with van der Waals surface area (Å²) in [5.74, 6) is -1.80. The maximum Gasteiger partial charge on any atom is 0.313 e. The fourth-order valence-corrected chi connectivity index (χ4v) is 1.74. The van der Waals surface area contributed by atoms with Crippen molar-refractivity contribution in [3.05, 3.63) is 0 Å². The number of Topliss-reactive ketones (excluding diaryl/α,β-unsaturated/α-hetero) is 3. The molecule has 0 aliphatic carbocycles. The van der Waals surface area contributed by atoms with E-state index < -0.39 is 17.9 Å². The van der Waals surface area contributed by atoms with Gasteiger partial charge in [0.15, 0.2) is 0 Å². The first-order valence-electron chi connectivity index (χ1n) is 10.6. The van der Waals surface area contributed by atoms with Crippen LogP contribution in [0, 0.1) is 0 Å². The average Bonchev–Trinajstić information content (AvgIpc) is 2.67. The van der Waals surface area contributed by atoms with E-state index in [0.29, 0.717) is 25.9 Å². The summed E-state index contributed by atoms with van der Waals surface area (Å²) in [7, 11) is 0. The first kappa shape index (κ1) is 38.5. The van der Waals surface area contributed by atoms with Gasteiger partial charge in [0.1, 0.15) is 36.6 Å². The van der Waals surface area contributed by atoms with Gasteiger partial charge < -0.3 is 14.2 Å². The van der Waals surface area contributed by atoms with Gasteiger partial charge in [0, 0.05) is 0 Å². The van der Waals surface area contributed by atoms with Crippen LogP contribution in [0.15, 0.2) is 0 Å². The Morgan fingerprint density at radius 1 is 0.606 bits per heavy atom. The van der Waals surface area contributed by atoms with E-state index in [-0.39, 0.29) is 36.6 Å². The van der Waals surface area contributed by atoms with Crippen LogP contribution in [-0.2, 0) is 71.0 Å². The molecule has 0 radical (unpaired) electrons. The molecule has 0 amide bonds. The van der Waals surface area contributed by atoms with Crippen molar-refractivity contribution in [3.63, 3.8) is 0 Å². The van der Waals surface area contributed by atoms with Gasteiger partial charge in [-0.05, 0) is 41.5 Å². The molecular formula is C22H39O10Zr. The molecule has 0 aromatic rings. The van der Waals surface area contributed by atoms with Crippen molar-refractivity contribution in [2.45, 2.75) is 87.2 Å². The number of ether oxygens (including phenoxy) is 3. The smallest absolute Gasteiger partial charge is 0.313 e. The average molecular weight is 555 g/mol. The monoisotopic (exact) mass is 553 g/mol. The van der Waals surface area contributed by atoms with Gasteiger partial charge in [0.05, 0.1) is 19.8 Å². The zero-order valence-electron chi connectivity index (χ0n) is 21.1. The summed E-state index contributed by atoms with van der Waals surface area (Å²) in [6, 6.07) is 0. The predicted octanol–water partition coefficient (Wildman–Crippen LogP) is 2.85. The Labute approximate surface area is 212 Å². The molecule has 0 aromatic heterocycles. The molecule has 11 heteroatoms. The van der Waals surface area contributed by atoms with Crippen molar-refractivity contribution >= 4 is 35.3 Å². The van der Waals surface area contributed by atoms with Crippen LogP contribution in [0.1, 0.15) is 81.1 Å². The number of esters is 3. The van der Waals surface area contributed by atoms with Crippen molar-refractivity contribution in [1.82, 2.24) is 0 Å². The van der Waals surface area contributed by atoms with Crippen molar-refractivity contribution in [3.8, 4) is 0 Å². The molecule has 10 nitrogen and oxygen atoms in total. The minimum absolute atomic E-state index is 0.103. The van der Waals surface area contributed by atoms with E-state index in [2.05, 4.69) is 28.1 Å². The Balaban J connectivity index is -0.000000172. The number of rotatable bonds is 11. The predicted molar refractivity (Wildman–Crippen MR) is 117 cm³/mol. The second-order valence-corrected chi connectivity index (χ2v) is 6.97. The van der Waals surface area contributed by atoms with Gasteiger partial charge >= 0.3 is 72.3 Å². The number of carbonyl (C=O) groups is 6. The molecule has 0 saturated heterocycles. The van der Waals surface area contributed by atoms with E-state index in [1.165, 1.54) is 45.9 Å². The summed E-state index contributed by atoms with van der Waals surface area (Å²) in [6.07, 6.45) is 1.30. The maximum absolute atomic E-state index is 10.4. The summed E-state index contributed by atoms with van der Waals surface area (Å²) in [4.78, 5) is 61.9. The van der Waals surface area contributed by atoms with Crippen LogP contribution in [0.4, 0.5) is 0 Å². The molecular weight excluding hydrogens is 515 g/mol. The summed E-state index contributed by atoms with van der Waals surface area (Å²) in [6.45, 7) is 14.4. The molecule has 0 saturated carbocycles. The first-order chi connectivity index (χ1) is 15.3. The fourth-order valence-electron chi connectivity index (χ4n) is 1.33. The van der Waals surface area contributed by atoms with Crippen LogP contribution in [-0.4, -0.2) is 61.2 Å². The molecule has 0 fully saturated rings. The number of carbonyl (C=O) groups excluding carboxylic acids is 6. The van der Waals surface area contributed by atoms with E-state index in [0.717, 1.165) is 6.42 Å². The zero-order chi connectivity index (χ0) is 26.8. The van der Waals surface area contributed by atoms with Crippen LogP contribution in [0.3, 0.4) is 0 Å². The first-order valence-corrected chi connectivity index (χ1v) is 11.6. The molecule has 33 heavy (non-hydrogen) atoms. The minimum Gasteiger partial charge on any atom is -0.466 e. The Morgan fingerprint density at radius 3 is 0.939 bits per heavy atom. The van der Waals surface area contributed by atoms with Crippen LogP contribution >= 0.6 is 0 Å². The molecule has 0 N–H and O–H groups in total. The van der Waals surface area contributed by atoms with Gasteiger partial charge in [-0.2, -0.15) is 0 Å². The van der Waals surface area contributed by atoms with Crippen molar-refractivity contribution < 1.29 is 71.0 Å². The van der Waals surface area contributed by atoms with E-state index >= 15 is 0 Å². The van der Waals surface area contributed by atoms with Gasteiger partial charge in [0.25, 0.3) is 0 Å². The molecule has 1 atom stereocenters. The van der Waals surface area contributed by atoms with Gasteiger partial charge in [0.2, 0.25) is 0 Å². The summed E-state index contributed by atoms with van der Waals surface area (Å²) < 4.78 is 18.5. The number of hydrogen-bond acceptors (Lipinski definition) is 10. The third kappa shape index (κ3) is 44.7. The third-order valence-electron chi connectivity index (χ3n) is 2.87. The van der Waals surface area contributed by atoms with Crippen molar-refractivity contribution in [2.75, 3.05) is 19.8 Å². The van der Waals surface area contributed by atoms with E-state index in [1.54, 1.807) is 20.8 Å². The Bertz CT molecular complexity index is 500. The van der Waals surface area contributed by atoms with Crippen LogP contribution < -0.4 is 0 Å². The van der Waals surface area contributed by atoms with Gasteiger partial charge in [-0.1, -0.05) is 0 Å². The van der Waals surface area contributed by atoms with E-state index in [4.69, 9.17) is 2.81 Å². The molecule has 0 bridgehead atoms. The largest absolute Gasteiger partial charge is 0.466 e. The van der Waals surface area contributed by atoms with Crippen LogP contribution in [0.25, 0.3) is 0 Å². The third-order valence-corrected chi connectivity index (χ3v) is 3.86. The zero-order valence-corrected chi connectivity index (χ0v) is 23.6. The number of ketones is 3. The van der Waals surface area contributed by atoms with E-state index in [1.807, 2.05) is 0 Å². The SMILES string of the molecule is CCC(C)[O][Zr].CCOC(=O)CC(C)=O.CCOC(=O)CC(C)=O.CCOC(=O)CC(C)=O. The van der Waals surface area contributed by atoms with Crippen LogP contribution in [0.5, 0.6) is 0 Å². The Hall–Kier alpha value is -1.74. The minimum atomic E-state index is -0.440.